The lowest BCUT2D eigenvalue weighted by Crippen LogP contribution is -2.35. The van der Waals surface area contributed by atoms with Crippen LogP contribution in [0.3, 0.4) is 0 Å². The number of hydrogen-bond acceptors (Lipinski definition) is 2. The number of carbonyl (C=O) groups excluding carboxylic acids is 1. The average Bonchev–Trinajstić information content (AvgIpc) is 3.11. The third-order valence-corrected chi connectivity index (χ3v) is 3.46. The third-order valence-electron chi connectivity index (χ3n) is 3.46. The number of nitrogens with one attached hydrogen (secondary N) is 1. The number of carbonyl (C=O) groups is 1. The normalized spacial score (nSPS) is 21.8. The molecule has 0 aromatic carbocycles. The quantitative estimate of drug-likeness (QED) is 0.812. The standard InChI is InChI=1S/C12H17N3O/c1-12(4-5-12)14-11(16)10-6-8(13)7-15(10)9-2-3-9/h6-7,9H,2-5,13H2,1H3,(H,14,16). The van der Waals surface area contributed by atoms with Gasteiger partial charge in [0.05, 0.1) is 5.69 Å². The van der Waals surface area contributed by atoms with Crippen LogP contribution < -0.4 is 11.1 Å². The van der Waals surface area contributed by atoms with Gasteiger partial charge in [0.2, 0.25) is 0 Å². The van der Waals surface area contributed by atoms with E-state index in [2.05, 4.69) is 12.2 Å². The number of amides is 1. The lowest BCUT2D eigenvalue weighted by Gasteiger charge is -2.13. The summed E-state index contributed by atoms with van der Waals surface area (Å²) in [5, 5.41) is 3.07. The minimum Gasteiger partial charge on any atom is -0.397 e. The average molecular weight is 219 g/mol. The molecule has 1 aromatic heterocycles. The topological polar surface area (TPSA) is 60.1 Å². The van der Waals surface area contributed by atoms with E-state index in [4.69, 9.17) is 5.73 Å². The van der Waals surface area contributed by atoms with Crippen molar-refractivity contribution in [1.29, 1.82) is 0 Å². The molecule has 0 bridgehead atoms. The molecule has 2 fully saturated rings. The Balaban J connectivity index is 1.84. The van der Waals surface area contributed by atoms with E-state index in [-0.39, 0.29) is 11.4 Å². The first kappa shape index (κ1) is 9.75. The van der Waals surface area contributed by atoms with Gasteiger partial charge in [0.25, 0.3) is 5.91 Å². The van der Waals surface area contributed by atoms with E-state index in [1.165, 1.54) is 0 Å². The number of nitrogen functional groups attached to an aromatic ring is 1. The van der Waals surface area contributed by atoms with Gasteiger partial charge in [-0.1, -0.05) is 0 Å². The molecule has 86 valence electrons. The Kier molecular flexibility index (Phi) is 1.85. The van der Waals surface area contributed by atoms with E-state index in [9.17, 15) is 4.79 Å². The van der Waals surface area contributed by atoms with Crippen molar-refractivity contribution in [3.05, 3.63) is 18.0 Å². The minimum atomic E-state index is 0.0172. The monoisotopic (exact) mass is 219 g/mol. The molecule has 1 heterocycles. The van der Waals surface area contributed by atoms with E-state index in [1.807, 2.05) is 10.8 Å². The Bertz CT molecular complexity index is 441. The Morgan fingerprint density at radius 3 is 2.81 bits per heavy atom. The first-order valence-corrected chi connectivity index (χ1v) is 5.87. The smallest absolute Gasteiger partial charge is 0.268 e. The molecule has 0 saturated heterocycles. The van der Waals surface area contributed by atoms with Gasteiger partial charge < -0.3 is 15.6 Å². The number of aromatic nitrogens is 1. The molecular weight excluding hydrogens is 202 g/mol. The molecule has 4 nitrogen and oxygen atoms in total. The fourth-order valence-corrected chi connectivity index (χ4v) is 1.99. The summed E-state index contributed by atoms with van der Waals surface area (Å²) in [4.78, 5) is 12.1. The second-order valence-corrected chi connectivity index (χ2v) is 5.31. The van der Waals surface area contributed by atoms with Crippen molar-refractivity contribution in [2.45, 2.75) is 44.2 Å². The fraction of sp³-hybridized carbons (Fsp3) is 0.583. The molecule has 3 rings (SSSR count). The van der Waals surface area contributed by atoms with Gasteiger partial charge in [-0.05, 0) is 38.7 Å². The van der Waals surface area contributed by atoms with Crippen LogP contribution in [0.4, 0.5) is 5.69 Å². The van der Waals surface area contributed by atoms with Crippen molar-refractivity contribution in [3.8, 4) is 0 Å². The van der Waals surface area contributed by atoms with Gasteiger partial charge in [0.1, 0.15) is 5.69 Å². The predicted octanol–water partition coefficient (Wildman–Crippen LogP) is 1.69. The van der Waals surface area contributed by atoms with E-state index >= 15 is 0 Å². The molecule has 1 amide bonds. The van der Waals surface area contributed by atoms with Crippen molar-refractivity contribution < 1.29 is 4.79 Å². The maximum absolute atomic E-state index is 12.1. The van der Waals surface area contributed by atoms with Crippen LogP contribution >= 0.6 is 0 Å². The molecule has 2 saturated carbocycles. The van der Waals surface area contributed by atoms with Gasteiger partial charge in [0.15, 0.2) is 0 Å². The van der Waals surface area contributed by atoms with Crippen molar-refractivity contribution >= 4 is 11.6 Å². The Morgan fingerprint density at radius 2 is 2.25 bits per heavy atom. The highest BCUT2D eigenvalue weighted by atomic mass is 16.2. The number of anilines is 1. The molecule has 3 N–H and O–H groups in total. The summed E-state index contributed by atoms with van der Waals surface area (Å²) in [7, 11) is 0. The van der Waals surface area contributed by atoms with Crippen molar-refractivity contribution in [3.63, 3.8) is 0 Å². The van der Waals surface area contributed by atoms with Gasteiger partial charge in [-0.25, -0.2) is 0 Å². The van der Waals surface area contributed by atoms with Crippen LogP contribution in [0.5, 0.6) is 0 Å². The third kappa shape index (κ3) is 1.68. The van der Waals surface area contributed by atoms with Crippen molar-refractivity contribution in [2.75, 3.05) is 5.73 Å². The van der Waals surface area contributed by atoms with Crippen LogP contribution in [0.2, 0.25) is 0 Å². The first-order valence-electron chi connectivity index (χ1n) is 5.87. The van der Waals surface area contributed by atoms with Gasteiger partial charge >= 0.3 is 0 Å². The lowest BCUT2D eigenvalue weighted by atomic mass is 10.3. The zero-order valence-electron chi connectivity index (χ0n) is 9.49. The minimum absolute atomic E-state index is 0.0172. The van der Waals surface area contributed by atoms with Gasteiger partial charge in [-0.3, -0.25) is 4.79 Å². The number of nitrogens with zero attached hydrogens (tertiary/aromatic N) is 1. The SMILES string of the molecule is CC1(NC(=O)c2cc(N)cn2C2CC2)CC1. The highest BCUT2D eigenvalue weighted by Crippen LogP contribution is 2.38. The lowest BCUT2D eigenvalue weighted by molar-refractivity contribution is 0.0926. The number of rotatable bonds is 3. The Labute approximate surface area is 94.8 Å². The number of hydrogen-bond donors (Lipinski definition) is 2. The second-order valence-electron chi connectivity index (χ2n) is 5.31. The summed E-state index contributed by atoms with van der Waals surface area (Å²) in [5.74, 6) is 0.0172. The molecule has 2 aliphatic carbocycles. The highest BCUT2D eigenvalue weighted by molar-refractivity contribution is 5.94. The van der Waals surface area contributed by atoms with Gasteiger partial charge in [-0.15, -0.1) is 0 Å². The molecule has 0 atom stereocenters. The van der Waals surface area contributed by atoms with Crippen molar-refractivity contribution in [1.82, 2.24) is 9.88 Å². The summed E-state index contributed by atoms with van der Waals surface area (Å²) < 4.78 is 2.02. The van der Waals surface area contributed by atoms with E-state index in [0.29, 0.717) is 17.4 Å². The molecule has 16 heavy (non-hydrogen) atoms. The summed E-state index contributed by atoms with van der Waals surface area (Å²) >= 11 is 0. The Morgan fingerprint density at radius 1 is 1.56 bits per heavy atom. The van der Waals surface area contributed by atoms with E-state index in [0.717, 1.165) is 25.7 Å². The summed E-state index contributed by atoms with van der Waals surface area (Å²) in [6, 6.07) is 2.27. The van der Waals surface area contributed by atoms with Gasteiger partial charge in [-0.2, -0.15) is 0 Å². The van der Waals surface area contributed by atoms with Crippen molar-refractivity contribution in [2.24, 2.45) is 0 Å². The van der Waals surface area contributed by atoms with Crippen LogP contribution in [-0.2, 0) is 0 Å². The van der Waals surface area contributed by atoms with E-state index < -0.39 is 0 Å². The van der Waals surface area contributed by atoms with Crippen LogP contribution in [0.1, 0.15) is 49.1 Å². The second kappa shape index (κ2) is 3.03. The maximum atomic E-state index is 12.1. The zero-order valence-corrected chi connectivity index (χ0v) is 9.49. The summed E-state index contributed by atoms with van der Waals surface area (Å²) in [6.45, 7) is 2.08. The molecule has 2 aliphatic rings. The van der Waals surface area contributed by atoms with Crippen LogP contribution in [0.15, 0.2) is 12.3 Å². The molecule has 0 radical (unpaired) electrons. The maximum Gasteiger partial charge on any atom is 0.268 e. The van der Waals surface area contributed by atoms with Gasteiger partial charge in [0, 0.05) is 17.8 Å². The fourth-order valence-electron chi connectivity index (χ4n) is 1.99. The van der Waals surface area contributed by atoms with Crippen LogP contribution in [0, 0.1) is 0 Å². The molecule has 4 heteroatoms. The summed E-state index contributed by atoms with van der Waals surface area (Å²) in [5.41, 5.74) is 7.19. The largest absolute Gasteiger partial charge is 0.397 e. The van der Waals surface area contributed by atoms with Crippen LogP contribution in [-0.4, -0.2) is 16.0 Å². The first-order chi connectivity index (χ1) is 7.57. The summed E-state index contributed by atoms with van der Waals surface area (Å²) in [6.07, 6.45) is 6.36. The predicted molar refractivity (Wildman–Crippen MR) is 62.2 cm³/mol. The molecule has 1 aromatic rings. The molecule has 0 spiro atoms. The number of nitrogens with two attached hydrogens (primary N) is 1. The molecule has 0 unspecified atom stereocenters. The van der Waals surface area contributed by atoms with E-state index in [1.54, 1.807) is 6.07 Å². The molecular formula is C12H17N3O. The Hall–Kier alpha value is -1.45. The molecule has 0 aliphatic heterocycles. The van der Waals surface area contributed by atoms with Crippen LogP contribution in [0.25, 0.3) is 0 Å². The highest BCUT2D eigenvalue weighted by Gasteiger charge is 2.39. The zero-order chi connectivity index (χ0) is 11.3.